The molecular weight excluding hydrogens is 1040 g/mol. The molecule has 14 aliphatic rings. The summed E-state index contributed by atoms with van der Waals surface area (Å²) in [6, 6.07) is 0. The molecule has 0 saturated carbocycles. The molecule has 14 rings (SSSR count). The second kappa shape index (κ2) is 21.4. The minimum Gasteiger partial charge on any atom is -0.481 e. The van der Waals surface area contributed by atoms with Crippen molar-refractivity contribution in [3.05, 3.63) is 24.3 Å². The highest BCUT2D eigenvalue weighted by Crippen LogP contribution is 2.57. The lowest BCUT2D eigenvalue weighted by molar-refractivity contribution is -0.371. The Hall–Kier alpha value is -2.18. The van der Waals surface area contributed by atoms with Gasteiger partial charge in [0.05, 0.1) is 123 Å². The fourth-order valence-corrected chi connectivity index (χ4v) is 17.9. The molecule has 14 fully saturated rings. The predicted molar refractivity (Wildman–Crippen MR) is 280 cm³/mol. The molecule has 0 aromatic rings. The minimum atomic E-state index is -1.00. The lowest BCUT2D eigenvalue weighted by atomic mass is 9.78. The molecule has 10 bridgehead atoms. The van der Waals surface area contributed by atoms with Gasteiger partial charge in [-0.15, -0.1) is 0 Å². The maximum atomic E-state index is 14.6. The van der Waals surface area contributed by atoms with Gasteiger partial charge in [-0.3, -0.25) is 9.59 Å². The number of fused-ring (bicyclic) bond motifs is 13. The van der Waals surface area contributed by atoms with Crippen LogP contribution in [0.2, 0.25) is 0 Å². The summed E-state index contributed by atoms with van der Waals surface area (Å²) in [6.45, 7) is 20.2. The van der Waals surface area contributed by atoms with Crippen LogP contribution in [0.1, 0.15) is 157 Å². The van der Waals surface area contributed by atoms with E-state index in [-0.39, 0.29) is 134 Å². The Kier molecular flexibility index (Phi) is 14.9. The summed E-state index contributed by atoms with van der Waals surface area (Å²) in [5.74, 6) is -4.00. The first kappa shape index (κ1) is 55.7. The van der Waals surface area contributed by atoms with Crippen LogP contribution in [0.3, 0.4) is 0 Å². The van der Waals surface area contributed by atoms with E-state index in [2.05, 4.69) is 40.9 Å². The number of aliphatic hydroxyl groups is 1. The summed E-state index contributed by atoms with van der Waals surface area (Å²) >= 11 is 0. The number of hydrogen-bond acceptors (Lipinski definition) is 18. The molecule has 0 radical (unpaired) electrons. The van der Waals surface area contributed by atoms with E-state index in [1.807, 2.05) is 6.92 Å². The third-order valence-electron chi connectivity index (χ3n) is 21.6. The smallest absolute Gasteiger partial charge is 0.308 e. The van der Waals surface area contributed by atoms with E-state index in [0.29, 0.717) is 64.4 Å². The van der Waals surface area contributed by atoms with Gasteiger partial charge in [0.15, 0.2) is 17.4 Å². The average molecular weight is 1130 g/mol. The third kappa shape index (κ3) is 10.1. The lowest BCUT2D eigenvalue weighted by Gasteiger charge is -2.54. The third-order valence-corrected chi connectivity index (χ3v) is 21.6. The highest BCUT2D eigenvalue weighted by molar-refractivity contribution is 5.70. The van der Waals surface area contributed by atoms with Gasteiger partial charge in [-0.1, -0.05) is 40.9 Å². The van der Waals surface area contributed by atoms with E-state index < -0.39 is 78.3 Å². The van der Waals surface area contributed by atoms with E-state index >= 15 is 0 Å². The van der Waals surface area contributed by atoms with Crippen molar-refractivity contribution in [2.75, 3.05) is 6.61 Å². The summed E-state index contributed by atoms with van der Waals surface area (Å²) in [5, 5.41) is 20.4. The van der Waals surface area contributed by atoms with Crippen molar-refractivity contribution in [3.8, 4) is 0 Å². The molecule has 2 N–H and O–H groups in total. The van der Waals surface area contributed by atoms with Crippen LogP contribution in [-0.4, -0.2) is 187 Å². The largest absolute Gasteiger partial charge is 0.481 e. The van der Waals surface area contributed by atoms with Crippen LogP contribution in [0.25, 0.3) is 0 Å². The van der Waals surface area contributed by atoms with E-state index in [1.54, 1.807) is 0 Å². The van der Waals surface area contributed by atoms with Gasteiger partial charge in [0.1, 0.15) is 30.5 Å². The summed E-state index contributed by atoms with van der Waals surface area (Å²) in [4.78, 5) is 26.2. The zero-order valence-electron chi connectivity index (χ0n) is 47.5. The number of carboxylic acid groups (broad SMARTS) is 1. The van der Waals surface area contributed by atoms with Gasteiger partial charge in [0, 0.05) is 70.3 Å². The van der Waals surface area contributed by atoms with E-state index in [1.165, 1.54) is 0 Å². The van der Waals surface area contributed by atoms with Crippen molar-refractivity contribution < 1.29 is 90.9 Å². The second-order valence-electron chi connectivity index (χ2n) is 27.3. The molecule has 446 valence electrons. The van der Waals surface area contributed by atoms with Gasteiger partial charge in [-0.2, -0.15) is 0 Å². The molecule has 1 unspecified atom stereocenters. The average Bonchev–Trinajstić information content (AvgIpc) is 4.02. The first-order valence-corrected chi connectivity index (χ1v) is 31.1. The number of carboxylic acids is 1. The number of rotatable bonds is 4. The van der Waals surface area contributed by atoms with Crippen LogP contribution < -0.4 is 0 Å². The van der Waals surface area contributed by atoms with Gasteiger partial charge in [-0.25, -0.2) is 0 Å². The molecule has 14 aliphatic heterocycles. The van der Waals surface area contributed by atoms with Crippen molar-refractivity contribution in [2.24, 2.45) is 23.7 Å². The predicted octanol–water partition coefficient (Wildman–Crippen LogP) is 6.68. The SMILES string of the molecule is C=C1C[C@@H]2CC[C@]34CCC(O3)[C@@H]3O[C@H]5CC[C@H](CC(=O)O[C@@H]6[C@@H](C)[C@@H]7O[C@@H]8C[C@]9(C[C@@H]%10O[C@]%11(C[C@H](C)[C@@H]%12O[C@H](CC(=O)O)[C@H](O)C[C@@H]%12O%11)C[C@H](C)[C@@H]%10O9)O[C@@H]8C[C@@H]7O[C@H]6C[C@H]6O[C@@H](CC[C@@H]1O2)C[C@@H](C)C6=C)O[C@@H]5[C@H](O4)[C@@H]3OCC. The molecule has 0 amide bonds. The number of ether oxygens (including phenoxy) is 15. The number of hydrogen-bond donors (Lipinski definition) is 2. The second-order valence-corrected chi connectivity index (χ2v) is 27.3. The summed E-state index contributed by atoms with van der Waals surface area (Å²) in [5.41, 5.74) is 2.14. The van der Waals surface area contributed by atoms with Gasteiger partial charge in [-0.05, 0) is 87.2 Å². The van der Waals surface area contributed by atoms with Crippen LogP contribution >= 0.6 is 0 Å². The standard InChI is InChI=1S/C61H88O19/c1-8-66-57-56-40-14-16-59(75-40)15-13-36-18-29(3)38(67-36)11-9-34-17-28(2)32(6)41(68-34)21-44-54(74-50(65)19-35-10-12-39(71-56)55(69-35)58(57)80-59)33(7)53-45(70-44)22-43-47(73-53)26-61(76-43)27-48-52(79-61)31(5)25-60(78-48)24-30(4)51-46(77-60)20-37(62)42(72-51)23-49(63)64/h28,30-31,33-48,51-58,62H,3,6,8-27H2,1-2,4-5,7H3,(H,63,64)/t28-,30+,31+,33+,34+,35-,36+,37-,38+,39+,40?,41-,42-,43-,44+,45+,46+,47-,48+,51+,52+,53+,54-,55+,56+,57-,58+,59+,60-,61+/m1/s1. The Bertz CT molecular complexity index is 2360. The van der Waals surface area contributed by atoms with Gasteiger partial charge < -0.3 is 81.3 Å². The van der Waals surface area contributed by atoms with E-state index in [4.69, 9.17) is 71.1 Å². The molecule has 30 atom stereocenters. The molecule has 3 spiro atoms. The Morgan fingerprint density at radius 2 is 1.25 bits per heavy atom. The molecule has 19 heteroatoms. The van der Waals surface area contributed by atoms with Crippen LogP contribution in [0, 0.1) is 23.7 Å². The van der Waals surface area contributed by atoms with Crippen LogP contribution in [0.15, 0.2) is 24.3 Å². The number of aliphatic carboxylic acids is 1. The van der Waals surface area contributed by atoms with E-state index in [0.717, 1.165) is 56.1 Å². The highest BCUT2D eigenvalue weighted by atomic mass is 16.8. The summed E-state index contributed by atoms with van der Waals surface area (Å²) in [7, 11) is 0. The van der Waals surface area contributed by atoms with Gasteiger partial charge in [0.25, 0.3) is 0 Å². The number of esters is 1. The van der Waals surface area contributed by atoms with Crippen LogP contribution in [0.5, 0.6) is 0 Å². The van der Waals surface area contributed by atoms with Crippen molar-refractivity contribution in [2.45, 2.75) is 314 Å². The first-order chi connectivity index (χ1) is 38.4. The number of aliphatic hydroxyl groups excluding tert-OH is 1. The monoisotopic (exact) mass is 1120 g/mol. The molecular formula is C61H88O19. The first-order valence-electron chi connectivity index (χ1n) is 31.1. The fourth-order valence-electron chi connectivity index (χ4n) is 17.9. The molecule has 14 heterocycles. The molecule has 14 saturated heterocycles. The fraction of sp³-hybridized carbons (Fsp3) is 0.902. The molecule has 0 aromatic carbocycles. The normalized spacial score (nSPS) is 55.5. The molecule has 0 aliphatic carbocycles. The van der Waals surface area contributed by atoms with E-state index in [9.17, 15) is 19.8 Å². The van der Waals surface area contributed by atoms with Crippen LogP contribution in [-0.2, 0) is 80.6 Å². The zero-order valence-corrected chi connectivity index (χ0v) is 47.5. The quantitative estimate of drug-likeness (QED) is 0.222. The van der Waals surface area contributed by atoms with Crippen molar-refractivity contribution in [3.63, 3.8) is 0 Å². The summed E-state index contributed by atoms with van der Waals surface area (Å²) < 4.78 is 103. The Balaban J connectivity index is 0.694. The Morgan fingerprint density at radius 3 is 2.08 bits per heavy atom. The topological polar surface area (TPSA) is 213 Å². The Morgan fingerprint density at radius 1 is 0.562 bits per heavy atom. The van der Waals surface area contributed by atoms with Gasteiger partial charge >= 0.3 is 11.9 Å². The minimum absolute atomic E-state index is 0.00766. The van der Waals surface area contributed by atoms with Crippen LogP contribution in [0.4, 0.5) is 0 Å². The van der Waals surface area contributed by atoms with Crippen molar-refractivity contribution in [1.82, 2.24) is 0 Å². The maximum absolute atomic E-state index is 14.6. The molecule has 19 nitrogen and oxygen atoms in total. The van der Waals surface area contributed by atoms with Gasteiger partial charge in [0.2, 0.25) is 0 Å². The maximum Gasteiger partial charge on any atom is 0.308 e. The number of carbonyl (C=O) groups excluding carboxylic acids is 1. The summed E-state index contributed by atoms with van der Waals surface area (Å²) in [6.07, 6.45) is 2.51. The van der Waals surface area contributed by atoms with Crippen molar-refractivity contribution in [1.29, 1.82) is 0 Å². The molecule has 0 aromatic heterocycles. The highest BCUT2D eigenvalue weighted by Gasteiger charge is 2.66. The number of carbonyl (C=O) groups is 2. The Labute approximate surface area is 470 Å². The lowest BCUT2D eigenvalue weighted by Crippen LogP contribution is -2.64. The zero-order chi connectivity index (χ0) is 55.1. The molecule has 80 heavy (non-hydrogen) atoms. The van der Waals surface area contributed by atoms with Crippen molar-refractivity contribution >= 4 is 11.9 Å².